The Morgan fingerprint density at radius 1 is 1.40 bits per heavy atom. The Kier molecular flexibility index (Phi) is 4.68. The fourth-order valence-corrected chi connectivity index (χ4v) is 2.08. The van der Waals surface area contributed by atoms with Crippen LogP contribution in [0.2, 0.25) is 0 Å². The number of halogens is 1. The summed E-state index contributed by atoms with van der Waals surface area (Å²) in [5, 5.41) is 3.09. The summed E-state index contributed by atoms with van der Waals surface area (Å²) in [5.74, 6) is 1.01. The standard InChI is InChI=1S/C14H15BrN4O/c1-3-16-13-11(8-10(15)9-18-13)14(20)19(2)12-6-4-5-7-17-12/h4-9H,3H2,1-2H3,(H,16,18). The van der Waals surface area contributed by atoms with Crippen molar-refractivity contribution >= 4 is 33.5 Å². The fourth-order valence-electron chi connectivity index (χ4n) is 1.75. The summed E-state index contributed by atoms with van der Waals surface area (Å²) in [4.78, 5) is 22.5. The van der Waals surface area contributed by atoms with Crippen molar-refractivity contribution in [3.63, 3.8) is 0 Å². The van der Waals surface area contributed by atoms with E-state index >= 15 is 0 Å². The van der Waals surface area contributed by atoms with Gasteiger partial charge in [-0.2, -0.15) is 0 Å². The third-order valence-corrected chi connectivity index (χ3v) is 3.16. The largest absolute Gasteiger partial charge is 0.370 e. The van der Waals surface area contributed by atoms with E-state index < -0.39 is 0 Å². The molecule has 2 aromatic rings. The molecular weight excluding hydrogens is 320 g/mol. The highest BCUT2D eigenvalue weighted by molar-refractivity contribution is 9.10. The van der Waals surface area contributed by atoms with Crippen LogP contribution < -0.4 is 10.2 Å². The number of carbonyl (C=O) groups excluding carboxylic acids is 1. The van der Waals surface area contributed by atoms with E-state index in [1.54, 1.807) is 31.6 Å². The molecule has 0 aliphatic rings. The molecule has 0 unspecified atom stereocenters. The third kappa shape index (κ3) is 3.14. The zero-order valence-electron chi connectivity index (χ0n) is 11.3. The number of nitrogens with one attached hydrogen (secondary N) is 1. The van der Waals surface area contributed by atoms with Gasteiger partial charge in [-0.1, -0.05) is 6.07 Å². The van der Waals surface area contributed by atoms with Crippen LogP contribution in [-0.2, 0) is 0 Å². The number of pyridine rings is 2. The van der Waals surface area contributed by atoms with Crippen molar-refractivity contribution in [3.8, 4) is 0 Å². The molecule has 2 aromatic heterocycles. The predicted molar refractivity (Wildman–Crippen MR) is 83.1 cm³/mol. The number of nitrogens with zero attached hydrogens (tertiary/aromatic N) is 3. The van der Waals surface area contributed by atoms with Crippen LogP contribution in [0.15, 0.2) is 41.1 Å². The van der Waals surface area contributed by atoms with Crippen LogP contribution in [0.5, 0.6) is 0 Å². The molecular formula is C14H15BrN4O. The second-order valence-corrected chi connectivity index (χ2v) is 5.05. The molecule has 1 N–H and O–H groups in total. The normalized spacial score (nSPS) is 10.2. The molecule has 0 saturated carbocycles. The molecule has 2 rings (SSSR count). The van der Waals surface area contributed by atoms with Gasteiger partial charge >= 0.3 is 0 Å². The van der Waals surface area contributed by atoms with E-state index in [0.717, 1.165) is 4.47 Å². The van der Waals surface area contributed by atoms with E-state index in [4.69, 9.17) is 0 Å². The van der Waals surface area contributed by atoms with E-state index in [-0.39, 0.29) is 5.91 Å². The van der Waals surface area contributed by atoms with E-state index in [2.05, 4.69) is 31.2 Å². The topological polar surface area (TPSA) is 58.1 Å². The van der Waals surface area contributed by atoms with E-state index in [9.17, 15) is 4.79 Å². The maximum Gasteiger partial charge on any atom is 0.262 e. The van der Waals surface area contributed by atoms with Gasteiger partial charge in [-0.05, 0) is 41.1 Å². The molecule has 5 nitrogen and oxygen atoms in total. The van der Waals surface area contributed by atoms with Crippen LogP contribution in [0.1, 0.15) is 17.3 Å². The van der Waals surface area contributed by atoms with Crippen molar-refractivity contribution < 1.29 is 4.79 Å². The van der Waals surface area contributed by atoms with Gasteiger partial charge in [-0.3, -0.25) is 9.69 Å². The van der Waals surface area contributed by atoms with Gasteiger partial charge in [0.25, 0.3) is 5.91 Å². The minimum atomic E-state index is -0.159. The first-order valence-electron chi connectivity index (χ1n) is 6.22. The summed E-state index contributed by atoms with van der Waals surface area (Å²) in [6.45, 7) is 2.66. The maximum atomic E-state index is 12.6. The second kappa shape index (κ2) is 6.47. The van der Waals surface area contributed by atoms with E-state index in [1.807, 2.05) is 19.1 Å². The molecule has 20 heavy (non-hydrogen) atoms. The molecule has 0 fully saturated rings. The van der Waals surface area contributed by atoms with Crippen LogP contribution in [0.4, 0.5) is 11.6 Å². The van der Waals surface area contributed by atoms with Gasteiger partial charge in [0, 0.05) is 30.5 Å². The Morgan fingerprint density at radius 3 is 2.85 bits per heavy atom. The third-order valence-electron chi connectivity index (χ3n) is 2.73. The molecule has 0 saturated heterocycles. The lowest BCUT2D eigenvalue weighted by atomic mass is 10.2. The van der Waals surface area contributed by atoms with Crippen molar-refractivity contribution in [1.29, 1.82) is 0 Å². The minimum absolute atomic E-state index is 0.159. The number of carbonyl (C=O) groups is 1. The van der Waals surface area contributed by atoms with Crippen molar-refractivity contribution in [1.82, 2.24) is 9.97 Å². The lowest BCUT2D eigenvalue weighted by molar-refractivity contribution is 0.0992. The van der Waals surface area contributed by atoms with Crippen LogP contribution in [0.25, 0.3) is 0 Å². The molecule has 0 radical (unpaired) electrons. The van der Waals surface area contributed by atoms with Gasteiger partial charge in [-0.25, -0.2) is 9.97 Å². The Balaban J connectivity index is 2.35. The highest BCUT2D eigenvalue weighted by Crippen LogP contribution is 2.21. The first-order valence-corrected chi connectivity index (χ1v) is 7.01. The Hall–Kier alpha value is -1.95. The van der Waals surface area contributed by atoms with Gasteiger partial charge < -0.3 is 5.32 Å². The molecule has 0 aromatic carbocycles. The maximum absolute atomic E-state index is 12.6. The summed E-state index contributed by atoms with van der Waals surface area (Å²) in [6, 6.07) is 7.20. The molecule has 6 heteroatoms. The van der Waals surface area contributed by atoms with Crippen molar-refractivity contribution in [2.45, 2.75) is 6.92 Å². The number of rotatable bonds is 4. The number of hydrogen-bond acceptors (Lipinski definition) is 4. The molecule has 104 valence electrons. The molecule has 0 aliphatic heterocycles. The van der Waals surface area contributed by atoms with Crippen molar-refractivity contribution in [2.24, 2.45) is 0 Å². The zero-order valence-corrected chi connectivity index (χ0v) is 12.9. The van der Waals surface area contributed by atoms with Crippen molar-refractivity contribution in [2.75, 3.05) is 23.8 Å². The first kappa shape index (κ1) is 14.5. The van der Waals surface area contributed by atoms with Gasteiger partial charge in [0.1, 0.15) is 11.6 Å². The van der Waals surface area contributed by atoms with Crippen LogP contribution in [0.3, 0.4) is 0 Å². The van der Waals surface area contributed by atoms with Crippen LogP contribution in [0, 0.1) is 0 Å². The summed E-state index contributed by atoms with van der Waals surface area (Å²) >= 11 is 3.34. The Labute approximate surface area is 126 Å². The van der Waals surface area contributed by atoms with Gasteiger partial charge in [0.05, 0.1) is 5.56 Å². The number of aromatic nitrogens is 2. The highest BCUT2D eigenvalue weighted by atomic mass is 79.9. The molecule has 0 atom stereocenters. The van der Waals surface area contributed by atoms with E-state index in [0.29, 0.717) is 23.7 Å². The first-order chi connectivity index (χ1) is 9.63. The van der Waals surface area contributed by atoms with Crippen molar-refractivity contribution in [3.05, 3.63) is 46.7 Å². The smallest absolute Gasteiger partial charge is 0.262 e. The monoisotopic (exact) mass is 334 g/mol. The lowest BCUT2D eigenvalue weighted by Crippen LogP contribution is -2.28. The second-order valence-electron chi connectivity index (χ2n) is 4.13. The average Bonchev–Trinajstić information content (AvgIpc) is 2.48. The summed E-state index contributed by atoms with van der Waals surface area (Å²) in [7, 11) is 1.70. The lowest BCUT2D eigenvalue weighted by Gasteiger charge is -2.18. The number of hydrogen-bond donors (Lipinski definition) is 1. The van der Waals surface area contributed by atoms with Crippen LogP contribution >= 0.6 is 15.9 Å². The fraction of sp³-hybridized carbons (Fsp3) is 0.214. The summed E-state index contributed by atoms with van der Waals surface area (Å²) in [5.41, 5.74) is 0.509. The van der Waals surface area contributed by atoms with Gasteiger partial charge in [-0.15, -0.1) is 0 Å². The van der Waals surface area contributed by atoms with Gasteiger partial charge in [0.2, 0.25) is 0 Å². The Morgan fingerprint density at radius 2 is 2.20 bits per heavy atom. The molecule has 0 aliphatic carbocycles. The zero-order chi connectivity index (χ0) is 14.5. The summed E-state index contributed by atoms with van der Waals surface area (Å²) in [6.07, 6.45) is 3.32. The average molecular weight is 335 g/mol. The SMILES string of the molecule is CCNc1ncc(Br)cc1C(=O)N(C)c1ccccn1. The molecule has 2 heterocycles. The Bertz CT molecular complexity index is 603. The molecule has 1 amide bonds. The summed E-state index contributed by atoms with van der Waals surface area (Å²) < 4.78 is 0.761. The van der Waals surface area contributed by atoms with Gasteiger partial charge in [0.15, 0.2) is 0 Å². The highest BCUT2D eigenvalue weighted by Gasteiger charge is 2.19. The van der Waals surface area contributed by atoms with E-state index in [1.165, 1.54) is 4.90 Å². The molecule has 0 bridgehead atoms. The number of amides is 1. The predicted octanol–water partition coefficient (Wildman–Crippen LogP) is 2.95. The number of anilines is 2. The van der Waals surface area contributed by atoms with Crippen LogP contribution in [-0.4, -0.2) is 29.5 Å². The quantitative estimate of drug-likeness (QED) is 0.933. The molecule has 0 spiro atoms. The minimum Gasteiger partial charge on any atom is -0.370 e.